The van der Waals surface area contributed by atoms with E-state index in [0.29, 0.717) is 0 Å². The van der Waals surface area contributed by atoms with Gasteiger partial charge in [0.15, 0.2) is 0 Å². The molecule has 8 heteroatoms. The van der Waals surface area contributed by atoms with Crippen LogP contribution in [0.2, 0.25) is 0 Å². The topological polar surface area (TPSA) is 104 Å². The van der Waals surface area contributed by atoms with Crippen molar-refractivity contribution in [1.29, 1.82) is 0 Å². The van der Waals surface area contributed by atoms with Crippen LogP contribution in [0.5, 0.6) is 0 Å². The molecular formula is C2H4Fe2NO5-. The number of hydrogen-bond acceptors (Lipinski definition) is 4. The van der Waals surface area contributed by atoms with Gasteiger partial charge < -0.3 is 20.4 Å². The predicted molar refractivity (Wildman–Crippen MR) is 23.7 cm³/mol. The first kappa shape index (κ1) is 22.6. The first-order chi connectivity index (χ1) is 3.46. The quantitative estimate of drug-likeness (QED) is 0.356. The third-order valence-electron chi connectivity index (χ3n) is 0. The second-order valence-electron chi connectivity index (χ2n) is 0.743. The van der Waals surface area contributed by atoms with E-state index < -0.39 is 11.1 Å². The zero-order valence-corrected chi connectivity index (χ0v) is 6.94. The van der Waals surface area contributed by atoms with Crippen LogP contribution in [0.3, 0.4) is 0 Å². The van der Waals surface area contributed by atoms with Gasteiger partial charge in [-0.2, -0.15) is 0 Å². The Bertz CT molecular complexity index is 75.6. The third-order valence-corrected chi connectivity index (χ3v) is 0. The fraction of sp³-hybridized carbons (Fsp3) is 0.500. The molecule has 0 aromatic rings. The summed E-state index contributed by atoms with van der Waals surface area (Å²) in [6, 6.07) is 0. The van der Waals surface area contributed by atoms with Crippen LogP contribution in [-0.2, 0) is 38.9 Å². The van der Waals surface area contributed by atoms with Crippen molar-refractivity contribution in [3.63, 3.8) is 0 Å². The minimum absolute atomic E-state index is 0. The van der Waals surface area contributed by atoms with Crippen molar-refractivity contribution in [2.45, 2.75) is 6.92 Å². The number of carboxylic acid groups (broad SMARTS) is 1. The number of aliphatic carboxylic acids is 1. The summed E-state index contributed by atoms with van der Waals surface area (Å²) in [4.78, 5) is 17.2. The van der Waals surface area contributed by atoms with Crippen molar-refractivity contribution >= 4 is 5.97 Å². The predicted octanol–water partition coefficient (Wildman–Crippen LogP) is -0.153. The molecule has 10 heavy (non-hydrogen) atoms. The Morgan fingerprint density at radius 2 is 1.40 bits per heavy atom. The summed E-state index contributed by atoms with van der Waals surface area (Å²) in [5, 5.41) is 22.2. The molecule has 0 aliphatic carbocycles. The third kappa shape index (κ3) is 4100. The van der Waals surface area contributed by atoms with Gasteiger partial charge in [0.1, 0.15) is 0 Å². The average molecular weight is 234 g/mol. The zero-order valence-electron chi connectivity index (χ0n) is 4.73. The molecule has 0 bridgehead atoms. The summed E-state index contributed by atoms with van der Waals surface area (Å²) in [5.41, 5.74) is 0. The van der Waals surface area contributed by atoms with Crippen molar-refractivity contribution in [2.24, 2.45) is 0 Å². The molecule has 0 aromatic heterocycles. The van der Waals surface area contributed by atoms with Gasteiger partial charge in [0.25, 0.3) is 5.97 Å². The van der Waals surface area contributed by atoms with Gasteiger partial charge >= 0.3 is 0 Å². The van der Waals surface area contributed by atoms with Crippen LogP contribution in [0, 0.1) is 15.3 Å². The molecule has 0 aliphatic heterocycles. The van der Waals surface area contributed by atoms with Crippen LogP contribution >= 0.6 is 0 Å². The molecule has 0 aromatic carbocycles. The monoisotopic (exact) mass is 234 g/mol. The van der Waals surface area contributed by atoms with Crippen LogP contribution < -0.4 is 0 Å². The Morgan fingerprint density at radius 3 is 1.40 bits per heavy atom. The maximum absolute atomic E-state index is 9.00. The van der Waals surface area contributed by atoms with Gasteiger partial charge in [-0.15, -0.1) is 0 Å². The molecule has 0 radical (unpaired) electrons. The Morgan fingerprint density at radius 1 is 1.40 bits per heavy atom. The summed E-state index contributed by atoms with van der Waals surface area (Å²) < 4.78 is 0. The first-order valence-corrected chi connectivity index (χ1v) is 1.48. The maximum atomic E-state index is 9.00. The van der Waals surface area contributed by atoms with Crippen molar-refractivity contribution in [3.8, 4) is 0 Å². The van der Waals surface area contributed by atoms with Gasteiger partial charge in [0.05, 0.1) is 5.09 Å². The Hall–Kier alpha value is -0.291. The molecule has 0 heterocycles. The van der Waals surface area contributed by atoms with Gasteiger partial charge in [-0.3, -0.25) is 4.79 Å². The van der Waals surface area contributed by atoms with Crippen LogP contribution in [0.15, 0.2) is 0 Å². The molecule has 0 atom stereocenters. The Kier molecular flexibility index (Phi) is 35.9. The molecule has 0 rings (SSSR count). The van der Waals surface area contributed by atoms with E-state index in [1.165, 1.54) is 0 Å². The van der Waals surface area contributed by atoms with E-state index in [-0.39, 0.29) is 34.1 Å². The summed E-state index contributed by atoms with van der Waals surface area (Å²) in [7, 11) is 0. The summed E-state index contributed by atoms with van der Waals surface area (Å²) >= 11 is 0. The second-order valence-corrected chi connectivity index (χ2v) is 0.743. The molecule has 0 saturated carbocycles. The van der Waals surface area contributed by atoms with Gasteiger partial charge in [-0.05, 0) is 0 Å². The molecule has 0 amide bonds. The molecule has 0 saturated heterocycles. The summed E-state index contributed by atoms with van der Waals surface area (Å²) in [6.07, 6.45) is 0. The van der Waals surface area contributed by atoms with Crippen molar-refractivity contribution < 1.29 is 49.1 Å². The van der Waals surface area contributed by atoms with Crippen molar-refractivity contribution in [2.75, 3.05) is 0 Å². The fourth-order valence-electron chi connectivity index (χ4n) is 0. The number of carbonyl (C=O) groups is 1. The van der Waals surface area contributed by atoms with Crippen LogP contribution in [0.25, 0.3) is 0 Å². The van der Waals surface area contributed by atoms with E-state index in [1.807, 2.05) is 0 Å². The smallest absolute Gasteiger partial charge is 0.300 e. The van der Waals surface area contributed by atoms with E-state index in [1.54, 1.807) is 0 Å². The molecule has 6 nitrogen and oxygen atoms in total. The van der Waals surface area contributed by atoms with Crippen LogP contribution in [0.4, 0.5) is 0 Å². The van der Waals surface area contributed by atoms with Gasteiger partial charge in [-0.1, -0.05) is 0 Å². The normalized spacial score (nSPS) is 4.90. The molecular weight excluding hydrogens is 230 g/mol. The van der Waals surface area contributed by atoms with E-state index >= 15 is 0 Å². The van der Waals surface area contributed by atoms with Gasteiger partial charge in [0, 0.05) is 41.1 Å². The summed E-state index contributed by atoms with van der Waals surface area (Å²) in [6.45, 7) is 1.08. The molecule has 0 fully saturated rings. The number of nitrogens with zero attached hydrogens (tertiary/aromatic N) is 1. The van der Waals surface area contributed by atoms with Gasteiger partial charge in [-0.25, -0.2) is 0 Å². The molecule has 0 aliphatic rings. The Balaban J connectivity index is -0.0000000300. The van der Waals surface area contributed by atoms with E-state index in [4.69, 9.17) is 25.2 Å². The fourth-order valence-corrected chi connectivity index (χ4v) is 0. The van der Waals surface area contributed by atoms with E-state index in [0.717, 1.165) is 6.92 Å². The summed E-state index contributed by atoms with van der Waals surface area (Å²) in [5.74, 6) is -0.833. The zero-order chi connectivity index (χ0) is 7.15. The van der Waals surface area contributed by atoms with Crippen molar-refractivity contribution in [1.82, 2.24) is 0 Å². The second kappa shape index (κ2) is 15.9. The van der Waals surface area contributed by atoms with Crippen molar-refractivity contribution in [3.05, 3.63) is 15.3 Å². The van der Waals surface area contributed by atoms with E-state index in [2.05, 4.69) is 0 Å². The minimum atomic E-state index is -1.75. The first-order valence-electron chi connectivity index (χ1n) is 1.48. The maximum Gasteiger partial charge on any atom is 0.300 e. The Labute approximate surface area is 77.7 Å². The number of rotatable bonds is 0. The number of carboxylic acids is 1. The molecule has 0 spiro atoms. The minimum Gasteiger partial charge on any atom is -0.481 e. The largest absolute Gasteiger partial charge is 0.481 e. The molecule has 64 valence electrons. The van der Waals surface area contributed by atoms with E-state index in [9.17, 15) is 0 Å². The van der Waals surface area contributed by atoms with Crippen LogP contribution in [-0.4, -0.2) is 16.2 Å². The molecule has 1 N–H and O–H groups in total. The number of hydrogen-bond donors (Lipinski definition) is 1. The average Bonchev–Trinajstić information content (AvgIpc) is 1.25. The van der Waals surface area contributed by atoms with Crippen LogP contribution in [0.1, 0.15) is 6.92 Å². The van der Waals surface area contributed by atoms with Gasteiger partial charge in [0.2, 0.25) is 0 Å². The SMILES string of the molecule is CC(=O)O.O=[N+]([O-])[O-].[Fe].[Fe]. The molecule has 0 unspecified atom stereocenters. The standard InChI is InChI=1S/C2H4O2.2Fe.NO3/c1-2(3)4;;;2-1(3)4/h1H3,(H,3,4);;;/q;;;-1.